The van der Waals surface area contributed by atoms with Gasteiger partial charge in [0.05, 0.1) is 0 Å². The highest BCUT2D eigenvalue weighted by molar-refractivity contribution is 4.91. The standard InChI is InChI=1S/C19H40/c1-9-12-16(6)18(14-11-3)19(8,15(4)5)17(7)13-10-2/h15-18H,9-14H2,1-8H3. The monoisotopic (exact) mass is 268 g/mol. The molecule has 0 spiro atoms. The summed E-state index contributed by atoms with van der Waals surface area (Å²) >= 11 is 0. The fourth-order valence-electron chi connectivity index (χ4n) is 4.28. The molecule has 0 heterocycles. The molecule has 116 valence electrons. The maximum atomic E-state index is 2.59. The molecule has 0 aliphatic carbocycles. The van der Waals surface area contributed by atoms with Crippen molar-refractivity contribution in [3.63, 3.8) is 0 Å². The molecule has 0 aromatic carbocycles. The molecule has 0 bridgehead atoms. The van der Waals surface area contributed by atoms with Gasteiger partial charge in [-0.2, -0.15) is 0 Å². The van der Waals surface area contributed by atoms with Gasteiger partial charge in [0, 0.05) is 0 Å². The molecule has 19 heavy (non-hydrogen) atoms. The van der Waals surface area contributed by atoms with Gasteiger partial charge < -0.3 is 0 Å². The van der Waals surface area contributed by atoms with Crippen molar-refractivity contribution in [2.75, 3.05) is 0 Å². The summed E-state index contributed by atoms with van der Waals surface area (Å²) in [5.41, 5.74) is 0.501. The number of hydrogen-bond donors (Lipinski definition) is 0. The first-order valence-corrected chi connectivity index (χ1v) is 8.85. The molecule has 0 rings (SSSR count). The molecule has 0 saturated carbocycles. The lowest BCUT2D eigenvalue weighted by atomic mass is 9.56. The summed E-state index contributed by atoms with van der Waals surface area (Å²) in [6, 6.07) is 0. The number of rotatable bonds is 10. The van der Waals surface area contributed by atoms with Crippen LogP contribution >= 0.6 is 0 Å². The summed E-state index contributed by atoms with van der Waals surface area (Å²) in [5, 5.41) is 0. The van der Waals surface area contributed by atoms with E-state index in [9.17, 15) is 0 Å². The maximum absolute atomic E-state index is 2.59. The average molecular weight is 269 g/mol. The Kier molecular flexibility index (Phi) is 9.03. The van der Waals surface area contributed by atoms with Crippen LogP contribution in [0.4, 0.5) is 0 Å². The molecule has 0 amide bonds. The molecule has 0 fully saturated rings. The third-order valence-corrected chi connectivity index (χ3v) is 5.86. The van der Waals surface area contributed by atoms with Crippen LogP contribution in [-0.4, -0.2) is 0 Å². The van der Waals surface area contributed by atoms with Crippen molar-refractivity contribution < 1.29 is 0 Å². The molecule has 0 radical (unpaired) electrons. The quantitative estimate of drug-likeness (QED) is 0.402. The van der Waals surface area contributed by atoms with Gasteiger partial charge in [0.15, 0.2) is 0 Å². The predicted octanol–water partition coefficient (Wildman–Crippen LogP) is 6.94. The van der Waals surface area contributed by atoms with Gasteiger partial charge >= 0.3 is 0 Å². The zero-order chi connectivity index (χ0) is 15.1. The summed E-state index contributed by atoms with van der Waals surface area (Å²) < 4.78 is 0. The summed E-state index contributed by atoms with van der Waals surface area (Å²) in [7, 11) is 0. The van der Waals surface area contributed by atoms with E-state index < -0.39 is 0 Å². The molecule has 0 aromatic rings. The van der Waals surface area contributed by atoms with E-state index >= 15 is 0 Å². The van der Waals surface area contributed by atoms with Gasteiger partial charge in [0.2, 0.25) is 0 Å². The van der Waals surface area contributed by atoms with E-state index in [2.05, 4.69) is 55.4 Å². The van der Waals surface area contributed by atoms with Gasteiger partial charge in [-0.15, -0.1) is 0 Å². The second-order valence-electron chi connectivity index (χ2n) is 7.37. The molecular formula is C19H40. The topological polar surface area (TPSA) is 0 Å². The van der Waals surface area contributed by atoms with E-state index in [1.165, 1.54) is 38.5 Å². The Balaban J connectivity index is 5.24. The molecule has 4 unspecified atom stereocenters. The van der Waals surface area contributed by atoms with Crippen LogP contribution in [0, 0.1) is 29.1 Å². The Bertz CT molecular complexity index is 218. The van der Waals surface area contributed by atoms with Crippen molar-refractivity contribution in [1.82, 2.24) is 0 Å². The lowest BCUT2D eigenvalue weighted by Crippen LogP contribution is -2.42. The third kappa shape index (κ3) is 4.80. The maximum Gasteiger partial charge on any atom is -0.0246 e. The molecular weight excluding hydrogens is 228 g/mol. The first-order valence-electron chi connectivity index (χ1n) is 8.85. The van der Waals surface area contributed by atoms with E-state index in [0.717, 1.165) is 23.7 Å². The van der Waals surface area contributed by atoms with Crippen LogP contribution in [0.2, 0.25) is 0 Å². The second-order valence-corrected chi connectivity index (χ2v) is 7.37. The molecule has 0 heteroatoms. The van der Waals surface area contributed by atoms with Crippen LogP contribution in [0.1, 0.15) is 93.9 Å². The van der Waals surface area contributed by atoms with Crippen molar-refractivity contribution in [1.29, 1.82) is 0 Å². The van der Waals surface area contributed by atoms with Crippen LogP contribution in [-0.2, 0) is 0 Å². The van der Waals surface area contributed by atoms with Gasteiger partial charge in [0.25, 0.3) is 0 Å². The Hall–Kier alpha value is 0. The van der Waals surface area contributed by atoms with Gasteiger partial charge in [-0.25, -0.2) is 0 Å². The second kappa shape index (κ2) is 9.03. The zero-order valence-corrected chi connectivity index (χ0v) is 15.1. The molecule has 0 aromatic heterocycles. The minimum Gasteiger partial charge on any atom is -0.0654 e. The van der Waals surface area contributed by atoms with E-state index in [0.29, 0.717) is 5.41 Å². The summed E-state index contributed by atoms with van der Waals surface area (Å²) in [6.07, 6.45) is 8.17. The average Bonchev–Trinajstić information content (AvgIpc) is 2.35. The van der Waals surface area contributed by atoms with Crippen molar-refractivity contribution >= 4 is 0 Å². The fourth-order valence-corrected chi connectivity index (χ4v) is 4.28. The Morgan fingerprint density at radius 1 is 0.737 bits per heavy atom. The highest BCUT2D eigenvalue weighted by atomic mass is 14.5. The molecule has 0 N–H and O–H groups in total. The third-order valence-electron chi connectivity index (χ3n) is 5.86. The van der Waals surface area contributed by atoms with Crippen LogP contribution in [0.25, 0.3) is 0 Å². The highest BCUT2D eigenvalue weighted by Gasteiger charge is 2.42. The Morgan fingerprint density at radius 3 is 1.58 bits per heavy atom. The minimum absolute atomic E-state index is 0.501. The normalized spacial score (nSPS) is 20.1. The summed E-state index contributed by atoms with van der Waals surface area (Å²) in [6.45, 7) is 19.5. The smallest absolute Gasteiger partial charge is 0.0246 e. The Morgan fingerprint density at radius 2 is 1.21 bits per heavy atom. The Labute approximate surface area is 123 Å². The highest BCUT2D eigenvalue weighted by Crippen LogP contribution is 2.50. The number of hydrogen-bond acceptors (Lipinski definition) is 0. The van der Waals surface area contributed by atoms with Crippen LogP contribution in [0.3, 0.4) is 0 Å². The van der Waals surface area contributed by atoms with Crippen molar-refractivity contribution in [3.8, 4) is 0 Å². The lowest BCUT2D eigenvalue weighted by molar-refractivity contribution is 0.000689. The van der Waals surface area contributed by atoms with Gasteiger partial charge in [0.1, 0.15) is 0 Å². The largest absolute Gasteiger partial charge is 0.0654 e. The van der Waals surface area contributed by atoms with Crippen LogP contribution < -0.4 is 0 Å². The molecule has 0 aliphatic heterocycles. The summed E-state index contributed by atoms with van der Waals surface area (Å²) in [4.78, 5) is 0. The van der Waals surface area contributed by atoms with E-state index in [1.54, 1.807) is 0 Å². The molecule has 4 atom stereocenters. The molecule has 0 aliphatic rings. The first kappa shape index (κ1) is 19.0. The van der Waals surface area contributed by atoms with E-state index in [-0.39, 0.29) is 0 Å². The van der Waals surface area contributed by atoms with Crippen molar-refractivity contribution in [2.45, 2.75) is 93.9 Å². The van der Waals surface area contributed by atoms with Crippen LogP contribution in [0.5, 0.6) is 0 Å². The van der Waals surface area contributed by atoms with E-state index in [4.69, 9.17) is 0 Å². The predicted molar refractivity (Wildman–Crippen MR) is 89.5 cm³/mol. The lowest BCUT2D eigenvalue weighted by Gasteiger charge is -2.49. The van der Waals surface area contributed by atoms with Gasteiger partial charge in [-0.05, 0) is 35.5 Å². The van der Waals surface area contributed by atoms with Gasteiger partial charge in [-0.3, -0.25) is 0 Å². The van der Waals surface area contributed by atoms with Crippen molar-refractivity contribution in [3.05, 3.63) is 0 Å². The fraction of sp³-hybridized carbons (Fsp3) is 1.00. The van der Waals surface area contributed by atoms with E-state index in [1.807, 2.05) is 0 Å². The van der Waals surface area contributed by atoms with Crippen LogP contribution in [0.15, 0.2) is 0 Å². The minimum atomic E-state index is 0.501. The SMILES string of the molecule is CCCC(C)C(CCC)C(C)(C(C)C)C(C)CCC. The molecule has 0 nitrogen and oxygen atoms in total. The molecule has 0 saturated heterocycles. The van der Waals surface area contributed by atoms with Gasteiger partial charge in [-0.1, -0.05) is 87.5 Å². The first-order chi connectivity index (χ1) is 8.85. The van der Waals surface area contributed by atoms with Crippen molar-refractivity contribution in [2.24, 2.45) is 29.1 Å². The zero-order valence-electron chi connectivity index (χ0n) is 15.1. The summed E-state index contributed by atoms with van der Waals surface area (Å²) in [5.74, 6) is 3.38.